The molecule has 0 spiro atoms. The third-order valence-corrected chi connectivity index (χ3v) is 5.54. The van der Waals surface area contributed by atoms with Crippen LogP contribution in [-0.4, -0.2) is 35.3 Å². The minimum Gasteiger partial charge on any atom is -0.507 e. The van der Waals surface area contributed by atoms with E-state index in [1.54, 1.807) is 17.4 Å². The normalized spacial score (nSPS) is 20.5. The number of benzene rings is 1. The lowest BCUT2D eigenvalue weighted by atomic mass is 9.92. The van der Waals surface area contributed by atoms with Gasteiger partial charge in [0.05, 0.1) is 18.2 Å². The van der Waals surface area contributed by atoms with E-state index in [9.17, 15) is 9.90 Å². The Morgan fingerprint density at radius 1 is 1.48 bits per heavy atom. The van der Waals surface area contributed by atoms with Crippen molar-refractivity contribution in [1.82, 2.24) is 4.98 Å². The van der Waals surface area contributed by atoms with Gasteiger partial charge in [0, 0.05) is 23.5 Å². The fraction of sp³-hybridized carbons (Fsp3) is 0.474. The highest BCUT2D eigenvalue weighted by atomic mass is 32.1. The summed E-state index contributed by atoms with van der Waals surface area (Å²) in [5.74, 6) is 0.140. The Morgan fingerprint density at radius 2 is 2.28 bits per heavy atom. The van der Waals surface area contributed by atoms with E-state index in [4.69, 9.17) is 9.72 Å². The van der Waals surface area contributed by atoms with Gasteiger partial charge in [0.15, 0.2) is 5.13 Å². The van der Waals surface area contributed by atoms with Crippen LogP contribution in [0.1, 0.15) is 32.3 Å². The molecule has 6 heteroatoms. The first-order valence-electron chi connectivity index (χ1n) is 8.68. The molecule has 1 aromatic heterocycles. The van der Waals surface area contributed by atoms with E-state index in [0.717, 1.165) is 41.3 Å². The van der Waals surface area contributed by atoms with Gasteiger partial charge in [0.1, 0.15) is 5.75 Å². The summed E-state index contributed by atoms with van der Waals surface area (Å²) in [5.41, 5.74) is 2.64. The third kappa shape index (κ3) is 3.79. The molecule has 2 atom stereocenters. The molecule has 1 aliphatic rings. The highest BCUT2D eigenvalue weighted by molar-refractivity contribution is 7.14. The quantitative estimate of drug-likeness (QED) is 0.835. The Morgan fingerprint density at radius 3 is 3.00 bits per heavy atom. The van der Waals surface area contributed by atoms with Crippen LogP contribution in [-0.2, 0) is 9.53 Å². The molecule has 0 bridgehead atoms. The van der Waals surface area contributed by atoms with Crippen molar-refractivity contribution in [3.05, 3.63) is 29.1 Å². The maximum atomic E-state index is 12.0. The zero-order chi connectivity index (χ0) is 18.0. The van der Waals surface area contributed by atoms with Crippen molar-refractivity contribution < 1.29 is 14.6 Å². The number of rotatable bonds is 4. The summed E-state index contributed by atoms with van der Waals surface area (Å²) in [7, 11) is 0. The van der Waals surface area contributed by atoms with Crippen molar-refractivity contribution in [3.8, 4) is 17.0 Å². The number of carbonyl (C=O) groups is 1. The molecule has 1 aliphatic heterocycles. The molecule has 0 radical (unpaired) electrons. The van der Waals surface area contributed by atoms with Crippen LogP contribution in [0, 0.1) is 12.8 Å². The maximum Gasteiger partial charge on any atom is 0.309 e. The number of aryl methyl sites for hydroxylation is 1. The molecule has 1 aromatic carbocycles. The summed E-state index contributed by atoms with van der Waals surface area (Å²) in [4.78, 5) is 18.9. The number of anilines is 1. The van der Waals surface area contributed by atoms with E-state index < -0.39 is 0 Å². The molecule has 2 unspecified atom stereocenters. The first-order chi connectivity index (χ1) is 12.0. The fourth-order valence-electron chi connectivity index (χ4n) is 3.31. The van der Waals surface area contributed by atoms with Crippen molar-refractivity contribution in [3.63, 3.8) is 0 Å². The minimum absolute atomic E-state index is 0.0218. The zero-order valence-electron chi connectivity index (χ0n) is 14.9. The molecule has 1 N–H and O–H groups in total. The number of nitrogens with zero attached hydrogens (tertiary/aromatic N) is 2. The zero-order valence-corrected chi connectivity index (χ0v) is 15.7. The first kappa shape index (κ1) is 17.7. The van der Waals surface area contributed by atoms with Gasteiger partial charge in [-0.3, -0.25) is 4.79 Å². The van der Waals surface area contributed by atoms with Gasteiger partial charge in [-0.1, -0.05) is 11.6 Å². The van der Waals surface area contributed by atoms with E-state index in [-0.39, 0.29) is 23.7 Å². The Hall–Kier alpha value is -2.08. The molecule has 2 aromatic rings. The molecule has 2 heterocycles. The Bertz CT molecular complexity index is 759. The van der Waals surface area contributed by atoms with Crippen LogP contribution >= 0.6 is 11.3 Å². The number of phenols is 1. The summed E-state index contributed by atoms with van der Waals surface area (Å²) >= 11 is 1.58. The summed E-state index contributed by atoms with van der Waals surface area (Å²) < 4.78 is 5.16. The predicted molar refractivity (Wildman–Crippen MR) is 100 cm³/mol. The summed E-state index contributed by atoms with van der Waals surface area (Å²) in [6, 6.07) is 5.77. The van der Waals surface area contributed by atoms with Gasteiger partial charge in [-0.05, 0) is 45.7 Å². The Balaban J connectivity index is 1.75. The number of carbonyl (C=O) groups excluding carboxylic acids is 1. The number of aromatic hydroxyl groups is 1. The number of thiazole rings is 1. The largest absolute Gasteiger partial charge is 0.507 e. The topological polar surface area (TPSA) is 62.7 Å². The Labute approximate surface area is 152 Å². The van der Waals surface area contributed by atoms with Gasteiger partial charge in [-0.2, -0.15) is 0 Å². The number of ether oxygens (including phenoxy) is 1. The first-order valence-corrected chi connectivity index (χ1v) is 9.56. The van der Waals surface area contributed by atoms with Gasteiger partial charge in [-0.15, -0.1) is 11.3 Å². The van der Waals surface area contributed by atoms with E-state index in [1.165, 1.54) is 0 Å². The number of hydrogen-bond donors (Lipinski definition) is 1. The summed E-state index contributed by atoms with van der Waals surface area (Å²) in [5, 5.41) is 13.0. The number of phenolic OH excluding ortho intramolecular Hbond substituents is 1. The van der Waals surface area contributed by atoms with Crippen LogP contribution in [0.25, 0.3) is 11.3 Å². The molecule has 0 saturated carbocycles. The van der Waals surface area contributed by atoms with E-state index in [2.05, 4.69) is 11.8 Å². The SMILES string of the molecule is CCOC(=O)C1CCN(c2nc(-c3cc(C)ccc3O)cs2)C(C)C1. The molecule has 134 valence electrons. The highest BCUT2D eigenvalue weighted by Gasteiger charge is 2.32. The van der Waals surface area contributed by atoms with Crippen molar-refractivity contribution in [2.24, 2.45) is 5.92 Å². The molecule has 25 heavy (non-hydrogen) atoms. The van der Waals surface area contributed by atoms with Crippen LogP contribution in [0.2, 0.25) is 0 Å². The van der Waals surface area contributed by atoms with E-state index >= 15 is 0 Å². The summed E-state index contributed by atoms with van der Waals surface area (Å²) in [6.07, 6.45) is 1.57. The molecule has 1 fully saturated rings. The molecule has 1 saturated heterocycles. The van der Waals surface area contributed by atoms with Gasteiger partial charge in [-0.25, -0.2) is 4.98 Å². The lowest BCUT2D eigenvalue weighted by Gasteiger charge is -2.36. The maximum absolute atomic E-state index is 12.0. The lowest BCUT2D eigenvalue weighted by Crippen LogP contribution is -2.43. The number of aromatic nitrogens is 1. The van der Waals surface area contributed by atoms with Crippen molar-refractivity contribution in [2.45, 2.75) is 39.7 Å². The smallest absolute Gasteiger partial charge is 0.309 e. The van der Waals surface area contributed by atoms with Crippen LogP contribution < -0.4 is 4.90 Å². The van der Waals surface area contributed by atoms with E-state index in [0.29, 0.717) is 6.61 Å². The van der Waals surface area contributed by atoms with Crippen LogP contribution in [0.15, 0.2) is 23.6 Å². The predicted octanol–water partition coefficient (Wildman–Crippen LogP) is 3.99. The van der Waals surface area contributed by atoms with Crippen LogP contribution in [0.3, 0.4) is 0 Å². The minimum atomic E-state index is -0.0847. The second-order valence-corrected chi connectivity index (χ2v) is 7.39. The number of hydrogen-bond acceptors (Lipinski definition) is 6. The number of piperidine rings is 1. The summed E-state index contributed by atoms with van der Waals surface area (Å²) in [6.45, 7) is 7.18. The standard InChI is InChI=1S/C19H24N2O3S/c1-4-24-18(23)14-7-8-21(13(3)10-14)19-20-16(11-25-19)15-9-12(2)5-6-17(15)22/h5-6,9,11,13-14,22H,4,7-8,10H2,1-3H3. The van der Waals surface area contributed by atoms with Gasteiger partial charge in [0.2, 0.25) is 0 Å². The molecule has 3 rings (SSSR count). The molecular weight excluding hydrogens is 336 g/mol. The molecule has 0 aliphatic carbocycles. The average Bonchev–Trinajstić information content (AvgIpc) is 3.06. The monoisotopic (exact) mass is 360 g/mol. The molecular formula is C19H24N2O3S. The lowest BCUT2D eigenvalue weighted by molar-refractivity contribution is -0.149. The Kier molecular flexibility index (Phi) is 5.27. The van der Waals surface area contributed by atoms with Crippen LogP contribution in [0.5, 0.6) is 5.75 Å². The molecule has 0 amide bonds. The molecule has 5 nitrogen and oxygen atoms in total. The second kappa shape index (κ2) is 7.44. The van der Waals surface area contributed by atoms with E-state index in [1.807, 2.05) is 31.4 Å². The van der Waals surface area contributed by atoms with Gasteiger partial charge in [0.25, 0.3) is 0 Å². The van der Waals surface area contributed by atoms with Gasteiger partial charge < -0.3 is 14.7 Å². The average molecular weight is 360 g/mol. The number of esters is 1. The van der Waals surface area contributed by atoms with Gasteiger partial charge >= 0.3 is 5.97 Å². The fourth-order valence-corrected chi connectivity index (χ4v) is 4.26. The van der Waals surface area contributed by atoms with Crippen molar-refractivity contribution >= 4 is 22.4 Å². The van der Waals surface area contributed by atoms with Crippen molar-refractivity contribution in [1.29, 1.82) is 0 Å². The van der Waals surface area contributed by atoms with Crippen LogP contribution in [0.4, 0.5) is 5.13 Å². The highest BCUT2D eigenvalue weighted by Crippen LogP contribution is 2.36. The third-order valence-electron chi connectivity index (χ3n) is 4.66. The van der Waals surface area contributed by atoms with Crippen molar-refractivity contribution in [2.75, 3.05) is 18.1 Å². The second-order valence-electron chi connectivity index (χ2n) is 6.55.